The summed E-state index contributed by atoms with van der Waals surface area (Å²) in [6, 6.07) is 5.84. The van der Waals surface area contributed by atoms with Gasteiger partial charge in [-0.2, -0.15) is 0 Å². The Morgan fingerprint density at radius 2 is 1.90 bits per heavy atom. The van der Waals surface area contributed by atoms with Crippen LogP contribution < -0.4 is 11.3 Å². The summed E-state index contributed by atoms with van der Waals surface area (Å²) in [5, 5.41) is 10.7. The van der Waals surface area contributed by atoms with Crippen molar-refractivity contribution in [2.45, 2.75) is 26.8 Å². The van der Waals surface area contributed by atoms with Gasteiger partial charge < -0.3 is 5.73 Å². The van der Waals surface area contributed by atoms with Crippen LogP contribution in [0, 0.1) is 17.0 Å². The lowest BCUT2D eigenvalue weighted by Gasteiger charge is -2.12. The smallest absolute Gasteiger partial charge is 0.294 e. The third-order valence-electron chi connectivity index (χ3n) is 3.18. The van der Waals surface area contributed by atoms with Gasteiger partial charge in [0.15, 0.2) is 0 Å². The van der Waals surface area contributed by atoms with Crippen molar-refractivity contribution in [3.05, 3.63) is 50.4 Å². The minimum absolute atomic E-state index is 0.0138. The van der Waals surface area contributed by atoms with Crippen LogP contribution in [0.25, 0.3) is 5.69 Å². The third-order valence-corrected chi connectivity index (χ3v) is 3.18. The fourth-order valence-electron chi connectivity index (χ4n) is 2.12. The zero-order valence-electron chi connectivity index (χ0n) is 11.4. The van der Waals surface area contributed by atoms with Crippen molar-refractivity contribution in [3.63, 3.8) is 0 Å². The van der Waals surface area contributed by atoms with Gasteiger partial charge in [0.25, 0.3) is 11.2 Å². The molecule has 1 aromatic carbocycles. The number of rotatable bonds is 4. The van der Waals surface area contributed by atoms with Gasteiger partial charge >= 0.3 is 0 Å². The van der Waals surface area contributed by atoms with Gasteiger partial charge in [-0.15, -0.1) is 0 Å². The third kappa shape index (κ3) is 2.18. The maximum atomic E-state index is 12.2. The average Bonchev–Trinajstić information content (AvgIpc) is 2.64. The number of hydrogen-bond acceptors (Lipinski definition) is 4. The number of hydrogen-bond donors (Lipinski definition) is 1. The van der Waals surface area contributed by atoms with E-state index in [1.54, 1.807) is 23.7 Å². The summed E-state index contributed by atoms with van der Waals surface area (Å²) in [4.78, 5) is 22.4. The molecule has 0 unspecified atom stereocenters. The van der Waals surface area contributed by atoms with Gasteiger partial charge in [0, 0.05) is 18.7 Å². The summed E-state index contributed by atoms with van der Waals surface area (Å²) >= 11 is 0. The molecule has 7 heteroatoms. The highest BCUT2D eigenvalue weighted by atomic mass is 16.6. The largest absolute Gasteiger partial charge is 0.393 e. The van der Waals surface area contributed by atoms with Crippen LogP contribution in [0.4, 0.5) is 11.4 Å². The van der Waals surface area contributed by atoms with E-state index in [2.05, 4.69) is 0 Å². The first-order chi connectivity index (χ1) is 9.47. The number of nitrogen functional groups attached to an aromatic ring is 1. The Labute approximate surface area is 115 Å². The molecule has 0 fully saturated rings. The van der Waals surface area contributed by atoms with E-state index in [9.17, 15) is 14.9 Å². The molecule has 0 saturated carbocycles. The molecule has 2 aromatic rings. The first-order valence-corrected chi connectivity index (χ1v) is 6.30. The van der Waals surface area contributed by atoms with Crippen LogP contribution in [-0.4, -0.2) is 14.3 Å². The number of anilines is 1. The highest BCUT2D eigenvalue weighted by Gasteiger charge is 2.16. The van der Waals surface area contributed by atoms with Crippen molar-refractivity contribution in [3.8, 4) is 5.69 Å². The highest BCUT2D eigenvalue weighted by molar-refractivity contribution is 5.46. The lowest BCUT2D eigenvalue weighted by molar-refractivity contribution is -0.384. The van der Waals surface area contributed by atoms with E-state index in [-0.39, 0.29) is 16.9 Å². The summed E-state index contributed by atoms with van der Waals surface area (Å²) < 4.78 is 3.25. The lowest BCUT2D eigenvalue weighted by Crippen LogP contribution is -2.22. The van der Waals surface area contributed by atoms with Crippen LogP contribution in [0.1, 0.15) is 19.0 Å². The Kier molecular flexibility index (Phi) is 3.60. The second-order valence-electron chi connectivity index (χ2n) is 4.51. The lowest BCUT2D eigenvalue weighted by atomic mass is 10.3. The Bertz CT molecular complexity index is 698. The van der Waals surface area contributed by atoms with Crippen LogP contribution in [0.15, 0.2) is 29.1 Å². The van der Waals surface area contributed by atoms with Crippen LogP contribution in [0.3, 0.4) is 0 Å². The summed E-state index contributed by atoms with van der Waals surface area (Å²) in [5.41, 5.74) is 6.94. The minimum Gasteiger partial charge on any atom is -0.393 e. The molecule has 0 spiro atoms. The summed E-state index contributed by atoms with van der Waals surface area (Å²) in [6.45, 7) is 4.43. The van der Waals surface area contributed by atoms with Gasteiger partial charge in [-0.3, -0.25) is 19.6 Å². The van der Waals surface area contributed by atoms with E-state index in [4.69, 9.17) is 5.73 Å². The Balaban J connectivity index is 2.59. The van der Waals surface area contributed by atoms with E-state index in [0.717, 1.165) is 6.42 Å². The van der Waals surface area contributed by atoms with Crippen LogP contribution >= 0.6 is 0 Å². The maximum absolute atomic E-state index is 12.2. The summed E-state index contributed by atoms with van der Waals surface area (Å²) in [7, 11) is 0. The Morgan fingerprint density at radius 3 is 2.40 bits per heavy atom. The monoisotopic (exact) mass is 276 g/mol. The minimum atomic E-state index is -0.475. The second kappa shape index (κ2) is 5.20. The first-order valence-electron chi connectivity index (χ1n) is 6.30. The van der Waals surface area contributed by atoms with Crippen molar-refractivity contribution in [1.82, 2.24) is 9.36 Å². The topological polar surface area (TPSA) is 96.1 Å². The SMILES string of the molecule is CCCn1c(C)c(N)c(=O)n1-c1ccc([N+](=O)[O-])cc1. The van der Waals surface area contributed by atoms with Gasteiger partial charge in [0.05, 0.1) is 16.3 Å². The zero-order chi connectivity index (χ0) is 14.9. The number of benzene rings is 1. The van der Waals surface area contributed by atoms with Crippen molar-refractivity contribution in [1.29, 1.82) is 0 Å². The molecule has 1 heterocycles. The molecule has 0 aliphatic rings. The molecule has 0 saturated heterocycles. The predicted molar refractivity (Wildman–Crippen MR) is 76.1 cm³/mol. The average molecular weight is 276 g/mol. The van der Waals surface area contributed by atoms with E-state index in [1.165, 1.54) is 16.8 Å². The number of nitrogens with zero attached hydrogens (tertiary/aromatic N) is 3. The number of non-ortho nitro benzene ring substituents is 1. The fourth-order valence-corrected chi connectivity index (χ4v) is 2.12. The molecule has 0 amide bonds. The van der Waals surface area contributed by atoms with Crippen LogP contribution in [-0.2, 0) is 6.54 Å². The van der Waals surface area contributed by atoms with E-state index < -0.39 is 4.92 Å². The molecule has 106 valence electrons. The van der Waals surface area contributed by atoms with Gasteiger partial charge in [0.2, 0.25) is 0 Å². The van der Waals surface area contributed by atoms with Crippen molar-refractivity contribution < 1.29 is 4.92 Å². The quantitative estimate of drug-likeness (QED) is 0.680. The van der Waals surface area contributed by atoms with E-state index in [0.29, 0.717) is 17.9 Å². The standard InChI is InChI=1S/C13H16N4O3/c1-3-8-15-9(2)12(14)13(18)16(15)10-4-6-11(7-5-10)17(19)20/h4-7H,3,8,14H2,1-2H3. The summed E-state index contributed by atoms with van der Waals surface area (Å²) in [5.74, 6) is 0. The molecule has 0 aliphatic heterocycles. The first kappa shape index (κ1) is 13.9. The molecule has 7 nitrogen and oxygen atoms in total. The normalized spacial score (nSPS) is 10.7. The Morgan fingerprint density at radius 1 is 1.30 bits per heavy atom. The van der Waals surface area contributed by atoms with Gasteiger partial charge in [0.1, 0.15) is 5.69 Å². The van der Waals surface area contributed by atoms with Crippen molar-refractivity contribution in [2.24, 2.45) is 0 Å². The molecule has 0 radical (unpaired) electrons. The number of nitrogens with two attached hydrogens (primary N) is 1. The molecule has 20 heavy (non-hydrogen) atoms. The molecule has 1 aromatic heterocycles. The zero-order valence-corrected chi connectivity index (χ0v) is 11.4. The predicted octanol–water partition coefficient (Wildman–Crippen LogP) is 1.85. The molecule has 0 aliphatic carbocycles. The van der Waals surface area contributed by atoms with Gasteiger partial charge in [-0.25, -0.2) is 4.68 Å². The molecule has 2 rings (SSSR count). The molecule has 2 N–H and O–H groups in total. The molecular weight excluding hydrogens is 260 g/mol. The molecule has 0 bridgehead atoms. The van der Waals surface area contributed by atoms with Crippen molar-refractivity contribution >= 4 is 11.4 Å². The van der Waals surface area contributed by atoms with Crippen LogP contribution in [0.5, 0.6) is 0 Å². The van der Waals surface area contributed by atoms with E-state index >= 15 is 0 Å². The molecule has 0 atom stereocenters. The van der Waals surface area contributed by atoms with Gasteiger partial charge in [-0.1, -0.05) is 6.92 Å². The van der Waals surface area contributed by atoms with Crippen LogP contribution in [0.2, 0.25) is 0 Å². The number of aromatic nitrogens is 2. The maximum Gasteiger partial charge on any atom is 0.294 e. The fraction of sp³-hybridized carbons (Fsp3) is 0.308. The highest BCUT2D eigenvalue weighted by Crippen LogP contribution is 2.17. The van der Waals surface area contributed by atoms with Crippen molar-refractivity contribution in [2.75, 3.05) is 5.73 Å². The van der Waals surface area contributed by atoms with E-state index in [1.807, 2.05) is 6.92 Å². The number of nitro groups is 1. The second-order valence-corrected chi connectivity index (χ2v) is 4.51. The summed E-state index contributed by atoms with van der Waals surface area (Å²) in [6.07, 6.45) is 0.849. The molecular formula is C13H16N4O3. The Hall–Kier alpha value is -2.57. The number of nitro benzene ring substituents is 1. The van der Waals surface area contributed by atoms with Gasteiger partial charge in [-0.05, 0) is 25.5 Å².